The molecule has 0 bridgehead atoms. The van der Waals surface area contributed by atoms with E-state index in [2.05, 4.69) is 5.32 Å². The maximum atomic E-state index is 11.2. The van der Waals surface area contributed by atoms with Crippen molar-refractivity contribution in [1.29, 1.82) is 0 Å². The SMILES string of the molecule is COc1cc(C(C)NCC2CCCC2C(=O)O)ccc1O. The minimum Gasteiger partial charge on any atom is -0.504 e. The van der Waals surface area contributed by atoms with Crippen molar-refractivity contribution in [1.82, 2.24) is 5.32 Å². The lowest BCUT2D eigenvalue weighted by Gasteiger charge is -2.21. The van der Waals surface area contributed by atoms with E-state index >= 15 is 0 Å². The number of rotatable bonds is 6. The number of aromatic hydroxyl groups is 1. The van der Waals surface area contributed by atoms with Gasteiger partial charge in [0.2, 0.25) is 0 Å². The Morgan fingerprint density at radius 2 is 2.24 bits per heavy atom. The molecule has 0 radical (unpaired) electrons. The summed E-state index contributed by atoms with van der Waals surface area (Å²) in [5.74, 6) is -0.137. The standard InChI is InChI=1S/C16H23NO4/c1-10(11-6-7-14(18)15(8-11)21-2)17-9-12-4-3-5-13(12)16(19)20/h6-8,10,12-13,17-18H,3-5,9H2,1-2H3,(H,19,20). The minimum atomic E-state index is -0.682. The Morgan fingerprint density at radius 1 is 1.48 bits per heavy atom. The normalized spacial score (nSPS) is 23.0. The third-order valence-electron chi connectivity index (χ3n) is 4.37. The molecule has 3 unspecified atom stereocenters. The van der Waals surface area contributed by atoms with Crippen LogP contribution in [0.5, 0.6) is 11.5 Å². The number of carboxylic acid groups (broad SMARTS) is 1. The predicted molar refractivity (Wildman–Crippen MR) is 79.5 cm³/mol. The van der Waals surface area contributed by atoms with Gasteiger partial charge in [0, 0.05) is 6.04 Å². The lowest BCUT2D eigenvalue weighted by molar-refractivity contribution is -0.142. The van der Waals surface area contributed by atoms with Crippen molar-refractivity contribution < 1.29 is 19.7 Å². The molecule has 0 heterocycles. The second-order valence-electron chi connectivity index (χ2n) is 5.70. The van der Waals surface area contributed by atoms with E-state index in [9.17, 15) is 15.0 Å². The third-order valence-corrected chi connectivity index (χ3v) is 4.37. The van der Waals surface area contributed by atoms with Crippen LogP contribution in [0.3, 0.4) is 0 Å². The van der Waals surface area contributed by atoms with Crippen molar-refractivity contribution >= 4 is 5.97 Å². The predicted octanol–water partition coefficient (Wildman–Crippen LogP) is 2.55. The van der Waals surface area contributed by atoms with Gasteiger partial charge in [-0.05, 0) is 49.9 Å². The Kier molecular flexibility index (Phi) is 5.07. The first-order valence-electron chi connectivity index (χ1n) is 7.36. The van der Waals surface area contributed by atoms with E-state index in [0.717, 1.165) is 24.8 Å². The summed E-state index contributed by atoms with van der Waals surface area (Å²) in [6, 6.07) is 5.34. The van der Waals surface area contributed by atoms with E-state index in [4.69, 9.17) is 4.74 Å². The first-order chi connectivity index (χ1) is 10.0. The Labute approximate surface area is 124 Å². The zero-order valence-electron chi connectivity index (χ0n) is 12.5. The second kappa shape index (κ2) is 6.80. The average Bonchev–Trinajstić information content (AvgIpc) is 2.94. The Hall–Kier alpha value is -1.75. The molecule has 3 atom stereocenters. The quantitative estimate of drug-likeness (QED) is 0.751. The van der Waals surface area contributed by atoms with Gasteiger partial charge in [0.15, 0.2) is 11.5 Å². The maximum Gasteiger partial charge on any atom is 0.306 e. The largest absolute Gasteiger partial charge is 0.504 e. The van der Waals surface area contributed by atoms with Crippen molar-refractivity contribution in [3.8, 4) is 11.5 Å². The molecule has 116 valence electrons. The number of ether oxygens (including phenoxy) is 1. The van der Waals surface area contributed by atoms with Crippen molar-refractivity contribution in [2.45, 2.75) is 32.2 Å². The smallest absolute Gasteiger partial charge is 0.306 e. The molecule has 0 saturated heterocycles. The van der Waals surface area contributed by atoms with Gasteiger partial charge in [-0.1, -0.05) is 12.5 Å². The van der Waals surface area contributed by atoms with Gasteiger partial charge in [-0.3, -0.25) is 4.79 Å². The fourth-order valence-corrected chi connectivity index (χ4v) is 3.02. The number of carbonyl (C=O) groups is 1. The summed E-state index contributed by atoms with van der Waals surface area (Å²) in [5, 5.41) is 22.2. The molecule has 1 aromatic rings. The molecule has 1 saturated carbocycles. The van der Waals surface area contributed by atoms with Crippen molar-refractivity contribution in [3.63, 3.8) is 0 Å². The summed E-state index contributed by atoms with van der Waals surface area (Å²) >= 11 is 0. The molecule has 5 heteroatoms. The van der Waals surface area contributed by atoms with Crippen LogP contribution in [0.1, 0.15) is 37.8 Å². The Bertz CT molecular complexity index is 503. The molecule has 1 aromatic carbocycles. The molecule has 1 aliphatic carbocycles. The minimum absolute atomic E-state index is 0.0783. The summed E-state index contributed by atoms with van der Waals surface area (Å²) in [7, 11) is 1.52. The van der Waals surface area contributed by atoms with Crippen LogP contribution in [0.4, 0.5) is 0 Å². The zero-order chi connectivity index (χ0) is 15.4. The van der Waals surface area contributed by atoms with Crippen LogP contribution >= 0.6 is 0 Å². The molecule has 0 aromatic heterocycles. The van der Waals surface area contributed by atoms with E-state index in [-0.39, 0.29) is 23.6 Å². The third kappa shape index (κ3) is 3.67. The first-order valence-corrected chi connectivity index (χ1v) is 7.36. The number of aliphatic carboxylic acids is 1. The molecule has 0 aliphatic heterocycles. The number of hydrogen-bond donors (Lipinski definition) is 3. The fraction of sp³-hybridized carbons (Fsp3) is 0.562. The van der Waals surface area contributed by atoms with Gasteiger partial charge in [0.25, 0.3) is 0 Å². The monoisotopic (exact) mass is 293 g/mol. The highest BCUT2D eigenvalue weighted by atomic mass is 16.5. The van der Waals surface area contributed by atoms with Crippen LogP contribution in [0.15, 0.2) is 18.2 Å². The van der Waals surface area contributed by atoms with Gasteiger partial charge in [0.1, 0.15) is 0 Å². The van der Waals surface area contributed by atoms with E-state index in [1.165, 1.54) is 7.11 Å². The van der Waals surface area contributed by atoms with Crippen LogP contribution in [0, 0.1) is 11.8 Å². The van der Waals surface area contributed by atoms with Gasteiger partial charge < -0.3 is 20.3 Å². The maximum absolute atomic E-state index is 11.2. The molecule has 0 amide bonds. The van der Waals surface area contributed by atoms with Crippen molar-refractivity contribution in [2.75, 3.05) is 13.7 Å². The highest BCUT2D eigenvalue weighted by Crippen LogP contribution is 2.32. The second-order valence-corrected chi connectivity index (χ2v) is 5.70. The van der Waals surface area contributed by atoms with Gasteiger partial charge in [-0.2, -0.15) is 0 Å². The molecule has 5 nitrogen and oxygen atoms in total. The van der Waals surface area contributed by atoms with Crippen molar-refractivity contribution in [2.24, 2.45) is 11.8 Å². The number of phenols is 1. The van der Waals surface area contributed by atoms with Crippen LogP contribution in [-0.2, 0) is 4.79 Å². The molecular formula is C16H23NO4. The Balaban J connectivity index is 1.95. The zero-order valence-corrected chi connectivity index (χ0v) is 12.5. The summed E-state index contributed by atoms with van der Waals surface area (Å²) < 4.78 is 5.11. The van der Waals surface area contributed by atoms with E-state index in [1.54, 1.807) is 12.1 Å². The number of carboxylic acids is 1. The number of phenolic OH excluding ortho intramolecular Hbond substituents is 1. The van der Waals surface area contributed by atoms with Crippen LogP contribution in [-0.4, -0.2) is 29.8 Å². The van der Waals surface area contributed by atoms with E-state index in [0.29, 0.717) is 12.3 Å². The van der Waals surface area contributed by atoms with Crippen LogP contribution in [0.25, 0.3) is 0 Å². The molecule has 1 aliphatic rings. The molecule has 2 rings (SSSR count). The molecule has 21 heavy (non-hydrogen) atoms. The number of nitrogens with one attached hydrogen (secondary N) is 1. The van der Waals surface area contributed by atoms with Gasteiger partial charge in [-0.15, -0.1) is 0 Å². The van der Waals surface area contributed by atoms with E-state index < -0.39 is 5.97 Å². The fourth-order valence-electron chi connectivity index (χ4n) is 3.02. The lowest BCUT2D eigenvalue weighted by atomic mass is 9.95. The van der Waals surface area contributed by atoms with Crippen LogP contribution < -0.4 is 10.1 Å². The summed E-state index contributed by atoms with van der Waals surface area (Å²) in [6.07, 6.45) is 2.74. The van der Waals surface area contributed by atoms with Gasteiger partial charge in [0.05, 0.1) is 13.0 Å². The summed E-state index contributed by atoms with van der Waals surface area (Å²) in [6.45, 7) is 2.72. The van der Waals surface area contributed by atoms with Gasteiger partial charge >= 0.3 is 5.97 Å². The number of methoxy groups -OCH3 is 1. The topological polar surface area (TPSA) is 78.8 Å². The van der Waals surface area contributed by atoms with Crippen LogP contribution in [0.2, 0.25) is 0 Å². The molecule has 1 fully saturated rings. The highest BCUT2D eigenvalue weighted by molar-refractivity contribution is 5.70. The number of benzene rings is 1. The highest BCUT2D eigenvalue weighted by Gasteiger charge is 2.32. The molecule has 0 spiro atoms. The Morgan fingerprint density at radius 3 is 2.90 bits per heavy atom. The summed E-state index contributed by atoms with van der Waals surface area (Å²) in [4.78, 5) is 11.2. The summed E-state index contributed by atoms with van der Waals surface area (Å²) in [5.41, 5.74) is 1.01. The first kappa shape index (κ1) is 15.6. The average molecular weight is 293 g/mol. The lowest BCUT2D eigenvalue weighted by Crippen LogP contribution is -2.30. The number of hydrogen-bond acceptors (Lipinski definition) is 4. The van der Waals surface area contributed by atoms with E-state index in [1.807, 2.05) is 13.0 Å². The molecular weight excluding hydrogens is 270 g/mol. The van der Waals surface area contributed by atoms with Crippen molar-refractivity contribution in [3.05, 3.63) is 23.8 Å². The van der Waals surface area contributed by atoms with Gasteiger partial charge in [-0.25, -0.2) is 0 Å². The molecule has 3 N–H and O–H groups in total.